The number of hydrogen-bond donors (Lipinski definition) is 0. The maximum Gasteiger partial charge on any atom is 0.450 e. The van der Waals surface area contributed by atoms with E-state index in [-0.39, 0.29) is 12.2 Å². The van der Waals surface area contributed by atoms with Crippen LogP contribution in [0.1, 0.15) is 143 Å². The molecule has 0 radical (unpaired) electrons. The molecule has 0 aromatic carbocycles. The molecule has 11 heteroatoms. The van der Waals surface area contributed by atoms with Crippen LogP contribution in [0.25, 0.3) is 0 Å². The molecule has 0 aromatic rings. The summed E-state index contributed by atoms with van der Waals surface area (Å²) in [6.45, 7) is 6.65. The minimum absolute atomic E-state index is 0.0365. The number of halogens is 5. The lowest BCUT2D eigenvalue weighted by atomic mass is 10.0. The van der Waals surface area contributed by atoms with E-state index in [4.69, 9.17) is 18.9 Å². The molecule has 0 bridgehead atoms. The molecule has 1 saturated heterocycles. The second-order valence-electron chi connectivity index (χ2n) is 12.5. The lowest BCUT2D eigenvalue weighted by Crippen LogP contribution is -2.70. The summed E-state index contributed by atoms with van der Waals surface area (Å²) in [4.78, 5) is 11.9. The van der Waals surface area contributed by atoms with Crippen molar-refractivity contribution in [3.05, 3.63) is 12.2 Å². The van der Waals surface area contributed by atoms with E-state index < -0.39 is 49.1 Å². The van der Waals surface area contributed by atoms with Gasteiger partial charge in [-0.2, -0.15) is 22.0 Å². The van der Waals surface area contributed by atoms with Gasteiger partial charge in [-0.1, -0.05) is 123 Å². The van der Waals surface area contributed by atoms with Gasteiger partial charge in [-0.05, 0) is 27.2 Å². The van der Waals surface area contributed by atoms with E-state index in [1.165, 1.54) is 104 Å². The molecular formula is C33H57F5O6. The number of hydrogen-bond acceptors (Lipinski definition) is 6. The van der Waals surface area contributed by atoms with Gasteiger partial charge in [0.15, 0.2) is 12.4 Å². The molecule has 1 heterocycles. The molecule has 0 spiro atoms. The number of ether oxygens (including phenoxy) is 5. The largest absolute Gasteiger partial charge is 0.451 e. The number of carbonyl (C=O) groups is 1. The van der Waals surface area contributed by atoms with Crippen LogP contribution in [0, 0.1) is 0 Å². The Morgan fingerprint density at radius 1 is 0.818 bits per heavy atom. The first kappa shape index (κ1) is 40.7. The van der Waals surface area contributed by atoms with E-state index in [2.05, 4.69) is 18.2 Å². The zero-order valence-electron chi connectivity index (χ0n) is 27.5. The first-order valence-corrected chi connectivity index (χ1v) is 16.5. The van der Waals surface area contributed by atoms with Gasteiger partial charge in [0.1, 0.15) is 6.61 Å². The van der Waals surface area contributed by atoms with Crippen LogP contribution in [0.3, 0.4) is 0 Å². The van der Waals surface area contributed by atoms with Gasteiger partial charge in [-0.3, -0.25) is 0 Å². The fourth-order valence-electron chi connectivity index (χ4n) is 5.05. The molecule has 44 heavy (non-hydrogen) atoms. The highest BCUT2D eigenvalue weighted by Gasteiger charge is 2.76. The molecule has 1 aliphatic rings. The Morgan fingerprint density at radius 3 is 1.66 bits per heavy atom. The van der Waals surface area contributed by atoms with Crippen LogP contribution >= 0.6 is 0 Å². The van der Waals surface area contributed by atoms with Crippen LogP contribution < -0.4 is 0 Å². The normalized spacial score (nSPS) is 20.5. The average molecular weight is 645 g/mol. The van der Waals surface area contributed by atoms with Crippen molar-refractivity contribution < 1.29 is 50.4 Å². The maximum absolute atomic E-state index is 14.7. The molecule has 0 N–H and O–H groups in total. The van der Waals surface area contributed by atoms with Crippen LogP contribution in [0.5, 0.6) is 0 Å². The molecule has 2 unspecified atom stereocenters. The zero-order chi connectivity index (χ0) is 33.1. The van der Waals surface area contributed by atoms with E-state index in [1.807, 2.05) is 0 Å². The summed E-state index contributed by atoms with van der Waals surface area (Å²) in [5.74, 6) is -9.87. The molecule has 260 valence electrons. The summed E-state index contributed by atoms with van der Waals surface area (Å²) < 4.78 is 95.8. The summed E-state index contributed by atoms with van der Waals surface area (Å²) >= 11 is 0. The van der Waals surface area contributed by atoms with E-state index >= 15 is 0 Å². The molecule has 0 saturated carbocycles. The predicted octanol–water partition coefficient (Wildman–Crippen LogP) is 10.2. The van der Waals surface area contributed by atoms with E-state index in [1.54, 1.807) is 0 Å². The van der Waals surface area contributed by atoms with Crippen molar-refractivity contribution in [3.63, 3.8) is 0 Å². The second kappa shape index (κ2) is 20.7. The molecule has 2 atom stereocenters. The Balaban J connectivity index is 2.25. The molecular weight excluding hydrogens is 587 g/mol. The van der Waals surface area contributed by atoms with Gasteiger partial charge in [0.2, 0.25) is 6.29 Å². The van der Waals surface area contributed by atoms with Crippen LogP contribution in [-0.2, 0) is 28.5 Å². The van der Waals surface area contributed by atoms with E-state index in [9.17, 15) is 26.7 Å². The Morgan fingerprint density at radius 2 is 1.25 bits per heavy atom. The topological polar surface area (TPSA) is 63.2 Å². The molecule has 0 aliphatic carbocycles. The molecule has 1 aliphatic heterocycles. The molecule has 1 rings (SSSR count). The van der Waals surface area contributed by atoms with Crippen molar-refractivity contribution in [2.75, 3.05) is 20.0 Å². The van der Waals surface area contributed by atoms with Crippen molar-refractivity contribution in [1.29, 1.82) is 0 Å². The summed E-state index contributed by atoms with van der Waals surface area (Å²) in [5, 5.41) is 0. The summed E-state index contributed by atoms with van der Waals surface area (Å²) in [6, 6.07) is 0. The molecule has 0 aromatic heterocycles. The number of unbranched alkanes of at least 4 members (excludes halogenated alkanes) is 17. The third-order valence-corrected chi connectivity index (χ3v) is 7.80. The van der Waals surface area contributed by atoms with Crippen molar-refractivity contribution in [2.24, 2.45) is 0 Å². The Kier molecular flexibility index (Phi) is 19.2. The van der Waals surface area contributed by atoms with Gasteiger partial charge in [0.25, 0.3) is 0 Å². The van der Waals surface area contributed by atoms with Crippen LogP contribution in [0.4, 0.5) is 22.0 Å². The van der Waals surface area contributed by atoms with Crippen molar-refractivity contribution >= 4 is 5.97 Å². The van der Waals surface area contributed by atoms with Crippen molar-refractivity contribution in [3.8, 4) is 0 Å². The highest BCUT2D eigenvalue weighted by Crippen LogP contribution is 2.50. The van der Waals surface area contributed by atoms with Gasteiger partial charge in [0, 0.05) is 12.2 Å². The van der Waals surface area contributed by atoms with Gasteiger partial charge in [0.05, 0.1) is 0 Å². The minimum Gasteiger partial charge on any atom is -0.451 e. The lowest BCUT2D eigenvalue weighted by molar-refractivity contribution is -0.515. The maximum atomic E-state index is 14.7. The molecule has 6 nitrogen and oxygen atoms in total. The fraction of sp³-hybridized carbons (Fsp3) is 0.909. The standard InChI is InChI=1S/C33H57F5O6/c1-6-7-8-9-10-11-12-13-14-15-16-17-18-19-20-21-22-23-24-40-26-42-32(33(36,37)38)31(34,35)25-41-29(44-32)30(4,5)43-28(39)27(2)3/h29H,2,6-26H2,1,3-5H3. The number of esters is 1. The van der Waals surface area contributed by atoms with Crippen LogP contribution in [0.15, 0.2) is 12.2 Å². The average Bonchev–Trinajstić information content (AvgIpc) is 2.93. The van der Waals surface area contributed by atoms with E-state index in [0.29, 0.717) is 6.42 Å². The summed E-state index contributed by atoms with van der Waals surface area (Å²) in [6.07, 6.45) is 14.1. The van der Waals surface area contributed by atoms with Gasteiger partial charge in [-0.15, -0.1) is 0 Å². The predicted molar refractivity (Wildman–Crippen MR) is 160 cm³/mol. The Bertz CT molecular complexity index is 804. The summed E-state index contributed by atoms with van der Waals surface area (Å²) in [5.41, 5.74) is -1.90. The third kappa shape index (κ3) is 14.4. The smallest absolute Gasteiger partial charge is 0.450 e. The highest BCUT2D eigenvalue weighted by atomic mass is 19.4. The minimum atomic E-state index is -5.65. The third-order valence-electron chi connectivity index (χ3n) is 7.80. The van der Waals surface area contributed by atoms with Crippen LogP contribution in [0.2, 0.25) is 0 Å². The Hall–Kier alpha value is -1.30. The molecule has 0 amide bonds. The van der Waals surface area contributed by atoms with Gasteiger partial charge in [-0.25, -0.2) is 4.79 Å². The lowest BCUT2D eigenvalue weighted by Gasteiger charge is -2.48. The molecule has 1 fully saturated rings. The SMILES string of the molecule is C=C(C)C(=O)OC(C)(C)C1OCC(F)(F)C(OCOCCCCCCCCCCCCCCCCCCCC)(C(F)(F)F)O1. The zero-order valence-corrected chi connectivity index (χ0v) is 27.5. The second-order valence-corrected chi connectivity index (χ2v) is 12.5. The highest BCUT2D eigenvalue weighted by molar-refractivity contribution is 5.87. The Labute approximate surface area is 261 Å². The van der Waals surface area contributed by atoms with Gasteiger partial charge < -0.3 is 23.7 Å². The fourth-order valence-corrected chi connectivity index (χ4v) is 5.05. The number of rotatable bonds is 25. The quantitative estimate of drug-likeness (QED) is 0.0324. The van der Waals surface area contributed by atoms with Crippen LogP contribution in [-0.4, -0.2) is 55.8 Å². The number of carbonyl (C=O) groups excluding carboxylic acids is 1. The van der Waals surface area contributed by atoms with Crippen molar-refractivity contribution in [2.45, 2.75) is 173 Å². The van der Waals surface area contributed by atoms with Gasteiger partial charge >= 0.3 is 23.9 Å². The first-order chi connectivity index (χ1) is 20.7. The van der Waals surface area contributed by atoms with Crippen molar-refractivity contribution in [1.82, 2.24) is 0 Å². The monoisotopic (exact) mass is 644 g/mol. The number of alkyl halides is 5. The van der Waals surface area contributed by atoms with E-state index in [0.717, 1.165) is 25.7 Å². The summed E-state index contributed by atoms with van der Waals surface area (Å²) in [7, 11) is 0. The first-order valence-electron chi connectivity index (χ1n) is 16.5.